The fourth-order valence-electron chi connectivity index (χ4n) is 2.08. The summed E-state index contributed by atoms with van der Waals surface area (Å²) < 4.78 is 27.9. The summed E-state index contributed by atoms with van der Waals surface area (Å²) in [5.74, 6) is 0.373. The molecule has 0 radical (unpaired) electrons. The van der Waals surface area contributed by atoms with Crippen LogP contribution in [0.25, 0.3) is 0 Å². The van der Waals surface area contributed by atoms with E-state index in [2.05, 4.69) is 16.3 Å². The molecule has 1 atom stereocenters. The van der Waals surface area contributed by atoms with Crippen molar-refractivity contribution in [2.75, 3.05) is 18.6 Å². The molecule has 1 unspecified atom stereocenters. The van der Waals surface area contributed by atoms with Crippen LogP contribution >= 0.6 is 0 Å². The Morgan fingerprint density at radius 1 is 1.50 bits per heavy atom. The summed E-state index contributed by atoms with van der Waals surface area (Å²) >= 11 is 0. The highest BCUT2D eigenvalue weighted by Crippen LogP contribution is 2.34. The van der Waals surface area contributed by atoms with Crippen molar-refractivity contribution < 1.29 is 13.2 Å². The summed E-state index contributed by atoms with van der Waals surface area (Å²) in [6.45, 7) is 0. The lowest BCUT2D eigenvalue weighted by atomic mass is 9.84. The molecule has 0 spiro atoms. The Bertz CT molecular complexity index is 577. The molecule has 18 heavy (non-hydrogen) atoms. The number of hydrogen-bond acceptors (Lipinski definition) is 6. The van der Waals surface area contributed by atoms with Crippen LogP contribution in [-0.2, 0) is 16.3 Å². The molecule has 0 aliphatic carbocycles. The topological polar surface area (TPSA) is 92.9 Å². The first-order valence-electron chi connectivity index (χ1n) is 5.47. The zero-order valence-electron chi connectivity index (χ0n) is 9.96. The second-order valence-corrected chi connectivity index (χ2v) is 6.66. The van der Waals surface area contributed by atoms with Crippen LogP contribution in [-0.4, -0.2) is 37.2 Å². The van der Waals surface area contributed by atoms with Crippen molar-refractivity contribution >= 4 is 9.84 Å². The molecule has 2 heterocycles. The van der Waals surface area contributed by atoms with E-state index in [1.54, 1.807) is 12.1 Å². The lowest BCUT2D eigenvalue weighted by Crippen LogP contribution is -2.23. The zero-order chi connectivity index (χ0) is 13.2. The van der Waals surface area contributed by atoms with Gasteiger partial charge in [-0.05, 0) is 12.5 Å². The van der Waals surface area contributed by atoms with Gasteiger partial charge in [0.05, 0.1) is 35.8 Å². The van der Waals surface area contributed by atoms with Crippen molar-refractivity contribution in [2.45, 2.75) is 12.8 Å². The molecular formula is C11H13N3O3S. The van der Waals surface area contributed by atoms with Gasteiger partial charge in [-0.3, -0.25) is 0 Å². The maximum Gasteiger partial charge on any atom is 0.233 e. The van der Waals surface area contributed by atoms with E-state index in [-0.39, 0.29) is 11.5 Å². The predicted octanol–water partition coefficient (Wildman–Crippen LogP) is 0.356. The first kappa shape index (κ1) is 12.8. The average Bonchev–Trinajstić information content (AvgIpc) is 2.67. The molecule has 2 rings (SSSR count). The minimum Gasteiger partial charge on any atom is -0.480 e. The lowest BCUT2D eigenvalue weighted by molar-refractivity contribution is 0.388. The first-order chi connectivity index (χ1) is 8.49. The van der Waals surface area contributed by atoms with Gasteiger partial charge in [0.2, 0.25) is 5.88 Å². The van der Waals surface area contributed by atoms with Crippen LogP contribution in [0.3, 0.4) is 0 Å². The molecule has 1 aliphatic heterocycles. The molecule has 96 valence electrons. The molecule has 1 aromatic rings. The highest BCUT2D eigenvalue weighted by Gasteiger charge is 2.43. The largest absolute Gasteiger partial charge is 0.480 e. The van der Waals surface area contributed by atoms with Crippen LogP contribution in [0.4, 0.5) is 0 Å². The van der Waals surface area contributed by atoms with E-state index in [1.807, 2.05) is 0 Å². The summed E-state index contributed by atoms with van der Waals surface area (Å²) in [5.41, 5.74) is -0.253. The van der Waals surface area contributed by atoms with Gasteiger partial charge in [0.15, 0.2) is 9.84 Å². The van der Waals surface area contributed by atoms with E-state index in [0.717, 1.165) is 0 Å². The molecule has 0 aromatic carbocycles. The van der Waals surface area contributed by atoms with E-state index in [1.165, 1.54) is 7.11 Å². The van der Waals surface area contributed by atoms with Gasteiger partial charge < -0.3 is 4.74 Å². The monoisotopic (exact) mass is 267 g/mol. The standard InChI is InChI=1S/C11H13N3O3S/c1-17-10-3-2-9(13-14-10)6-11(7-12)4-5-18(15,16)8-11/h2-3H,4-6,8H2,1H3. The fraction of sp³-hybridized carbons (Fsp3) is 0.545. The van der Waals surface area contributed by atoms with Gasteiger partial charge in [-0.15, -0.1) is 5.10 Å². The highest BCUT2D eigenvalue weighted by atomic mass is 32.2. The van der Waals surface area contributed by atoms with Crippen molar-refractivity contribution in [3.8, 4) is 11.9 Å². The second-order valence-electron chi connectivity index (χ2n) is 4.48. The van der Waals surface area contributed by atoms with E-state index >= 15 is 0 Å². The lowest BCUT2D eigenvalue weighted by Gasteiger charge is -2.17. The molecule has 6 nitrogen and oxygen atoms in total. The Labute approximate surface area is 106 Å². The number of rotatable bonds is 3. The SMILES string of the molecule is COc1ccc(CC2(C#N)CCS(=O)(=O)C2)nn1. The third-order valence-corrected chi connectivity index (χ3v) is 4.87. The minimum absolute atomic E-state index is 0.0736. The summed E-state index contributed by atoms with van der Waals surface area (Å²) in [6, 6.07) is 5.49. The molecule has 0 N–H and O–H groups in total. The molecule has 1 fully saturated rings. The van der Waals surface area contributed by atoms with Crippen LogP contribution in [0.15, 0.2) is 12.1 Å². The molecule has 1 saturated heterocycles. The van der Waals surface area contributed by atoms with Crippen molar-refractivity contribution in [3.05, 3.63) is 17.8 Å². The number of nitrogens with zero attached hydrogens (tertiary/aromatic N) is 3. The Kier molecular flexibility index (Phi) is 3.22. The predicted molar refractivity (Wildman–Crippen MR) is 63.6 cm³/mol. The molecular weight excluding hydrogens is 254 g/mol. The number of sulfone groups is 1. The number of aromatic nitrogens is 2. The molecule has 1 aliphatic rings. The van der Waals surface area contributed by atoms with Crippen molar-refractivity contribution in [1.29, 1.82) is 5.26 Å². The van der Waals surface area contributed by atoms with Crippen molar-refractivity contribution in [1.82, 2.24) is 10.2 Å². The van der Waals surface area contributed by atoms with E-state index in [9.17, 15) is 13.7 Å². The summed E-state index contributed by atoms with van der Waals surface area (Å²) in [7, 11) is -1.60. The van der Waals surface area contributed by atoms with Gasteiger partial charge in [0, 0.05) is 12.5 Å². The molecule has 1 aromatic heterocycles. The third-order valence-electron chi connectivity index (χ3n) is 3.05. The summed E-state index contributed by atoms with van der Waals surface area (Å²) in [4.78, 5) is 0. The van der Waals surface area contributed by atoms with Gasteiger partial charge in [-0.2, -0.15) is 10.4 Å². The Hall–Kier alpha value is -1.68. The van der Waals surface area contributed by atoms with Gasteiger partial charge in [0.25, 0.3) is 0 Å². The molecule has 7 heteroatoms. The van der Waals surface area contributed by atoms with E-state index in [0.29, 0.717) is 24.4 Å². The van der Waals surface area contributed by atoms with Crippen LogP contribution < -0.4 is 4.74 Å². The Morgan fingerprint density at radius 2 is 2.28 bits per heavy atom. The average molecular weight is 267 g/mol. The maximum atomic E-state index is 11.5. The molecule has 0 saturated carbocycles. The number of ether oxygens (including phenoxy) is 1. The fourth-order valence-corrected chi connectivity index (χ4v) is 4.08. The summed E-state index contributed by atoms with van der Waals surface area (Å²) in [5, 5.41) is 17.0. The molecule has 0 amide bonds. The van der Waals surface area contributed by atoms with Crippen LogP contribution in [0.1, 0.15) is 12.1 Å². The van der Waals surface area contributed by atoms with Gasteiger partial charge in [0.1, 0.15) is 0 Å². The third kappa shape index (κ3) is 2.59. The van der Waals surface area contributed by atoms with Crippen LogP contribution in [0.2, 0.25) is 0 Å². The first-order valence-corrected chi connectivity index (χ1v) is 7.29. The Balaban J connectivity index is 2.19. The van der Waals surface area contributed by atoms with Gasteiger partial charge >= 0.3 is 0 Å². The van der Waals surface area contributed by atoms with Crippen molar-refractivity contribution in [2.24, 2.45) is 5.41 Å². The number of nitriles is 1. The van der Waals surface area contributed by atoms with Crippen LogP contribution in [0.5, 0.6) is 5.88 Å². The smallest absolute Gasteiger partial charge is 0.233 e. The maximum absolute atomic E-state index is 11.5. The molecule has 0 bridgehead atoms. The van der Waals surface area contributed by atoms with E-state index in [4.69, 9.17) is 4.74 Å². The van der Waals surface area contributed by atoms with Gasteiger partial charge in [-0.1, -0.05) is 0 Å². The summed E-state index contributed by atoms with van der Waals surface area (Å²) in [6.07, 6.45) is 0.666. The number of hydrogen-bond donors (Lipinski definition) is 0. The second kappa shape index (κ2) is 4.53. The zero-order valence-corrected chi connectivity index (χ0v) is 10.8. The quantitative estimate of drug-likeness (QED) is 0.784. The van der Waals surface area contributed by atoms with Gasteiger partial charge in [-0.25, -0.2) is 8.42 Å². The normalized spacial score (nSPS) is 25.6. The minimum atomic E-state index is -3.09. The van der Waals surface area contributed by atoms with Crippen molar-refractivity contribution in [3.63, 3.8) is 0 Å². The number of methoxy groups -OCH3 is 1. The Morgan fingerprint density at radius 3 is 2.72 bits per heavy atom. The van der Waals surface area contributed by atoms with Crippen LogP contribution in [0, 0.1) is 16.7 Å². The van der Waals surface area contributed by atoms with E-state index < -0.39 is 15.3 Å². The highest BCUT2D eigenvalue weighted by molar-refractivity contribution is 7.91.